The average molecular weight is 349 g/mol. The quantitative estimate of drug-likeness (QED) is 0.847. The van der Waals surface area contributed by atoms with E-state index in [1.165, 1.54) is 23.3 Å². The molecule has 0 saturated carbocycles. The van der Waals surface area contributed by atoms with Gasteiger partial charge in [0, 0.05) is 13.1 Å². The molecule has 0 atom stereocenters. The van der Waals surface area contributed by atoms with Gasteiger partial charge in [-0.15, -0.1) is 0 Å². The van der Waals surface area contributed by atoms with E-state index < -0.39 is 29.2 Å². The zero-order valence-electron chi connectivity index (χ0n) is 14.4. The summed E-state index contributed by atoms with van der Waals surface area (Å²) in [5, 5.41) is 10.1. The second-order valence-electron chi connectivity index (χ2n) is 7.34. The number of carbonyl (C=O) groups is 1. The number of carbonyl (C=O) groups excluding carboxylic acids is 1. The molecule has 0 bridgehead atoms. The van der Waals surface area contributed by atoms with Crippen molar-refractivity contribution in [2.75, 3.05) is 6.54 Å². The molecule has 2 rings (SSSR count). The zero-order chi connectivity index (χ0) is 18.5. The summed E-state index contributed by atoms with van der Waals surface area (Å²) in [6.45, 7) is 7.89. The van der Waals surface area contributed by atoms with Gasteiger partial charge >= 0.3 is 12.3 Å². The van der Waals surface area contributed by atoms with Crippen LogP contribution in [-0.4, -0.2) is 37.8 Å². The van der Waals surface area contributed by atoms with Gasteiger partial charge < -0.3 is 14.4 Å². The van der Waals surface area contributed by atoms with Crippen LogP contribution in [0.4, 0.5) is 18.0 Å². The summed E-state index contributed by atoms with van der Waals surface area (Å²) < 4.78 is 46.3. The summed E-state index contributed by atoms with van der Waals surface area (Å²) in [7, 11) is 0. The fourth-order valence-corrected chi connectivity index (χ4v) is 2.63. The van der Waals surface area contributed by atoms with E-state index in [-0.39, 0.29) is 31.2 Å². The van der Waals surface area contributed by atoms with Gasteiger partial charge in [-0.25, -0.2) is 9.78 Å². The molecule has 6 nitrogen and oxygen atoms in total. The van der Waals surface area contributed by atoms with E-state index in [0.29, 0.717) is 0 Å². The van der Waals surface area contributed by atoms with Crippen LogP contribution in [0.5, 0.6) is 0 Å². The van der Waals surface area contributed by atoms with Gasteiger partial charge in [0.2, 0.25) is 0 Å². The maximum atomic E-state index is 13.3. The van der Waals surface area contributed by atoms with Gasteiger partial charge in [-0.2, -0.15) is 13.2 Å². The summed E-state index contributed by atoms with van der Waals surface area (Å²) in [6, 6.07) is 0. The molecule has 24 heavy (non-hydrogen) atoms. The van der Waals surface area contributed by atoms with Gasteiger partial charge in [0.1, 0.15) is 17.0 Å². The first-order valence-electron chi connectivity index (χ1n) is 7.57. The van der Waals surface area contributed by atoms with Crippen LogP contribution in [0.2, 0.25) is 0 Å². The Hall–Kier alpha value is -1.77. The molecule has 136 valence electrons. The highest BCUT2D eigenvalue weighted by Crippen LogP contribution is 2.37. The largest absolute Gasteiger partial charge is 0.444 e. The first-order valence-corrected chi connectivity index (χ1v) is 7.57. The third kappa shape index (κ3) is 3.82. The van der Waals surface area contributed by atoms with Crippen molar-refractivity contribution in [3.63, 3.8) is 0 Å². The molecule has 0 unspecified atom stereocenters. The lowest BCUT2D eigenvalue weighted by Gasteiger charge is -2.32. The first-order chi connectivity index (χ1) is 10.7. The lowest BCUT2D eigenvalue weighted by atomic mass is 10.0. The minimum absolute atomic E-state index is 0.0801. The lowest BCUT2D eigenvalue weighted by molar-refractivity contribution is -0.143. The minimum Gasteiger partial charge on any atom is -0.444 e. The highest BCUT2D eigenvalue weighted by molar-refractivity contribution is 5.68. The molecule has 0 fully saturated rings. The lowest BCUT2D eigenvalue weighted by Crippen LogP contribution is -2.42. The monoisotopic (exact) mass is 349 g/mol. The van der Waals surface area contributed by atoms with Crippen molar-refractivity contribution in [2.45, 2.75) is 65.1 Å². The number of imidazole rings is 1. The summed E-state index contributed by atoms with van der Waals surface area (Å²) in [6.07, 6.45) is -5.29. The van der Waals surface area contributed by atoms with Gasteiger partial charge in [-0.3, -0.25) is 4.90 Å². The van der Waals surface area contributed by atoms with Gasteiger partial charge in [-0.1, -0.05) is 0 Å². The summed E-state index contributed by atoms with van der Waals surface area (Å²) in [4.78, 5) is 17.1. The standard InChI is InChI=1S/C15H22F3N3O3/c1-13(2,3)24-12(22)20-6-7-21-9(8-20)19-10(15(16,17)18)11(21)14(4,5)23/h23H,6-8H2,1-5H3. The smallest absolute Gasteiger partial charge is 0.435 e. The fraction of sp³-hybridized carbons (Fsp3) is 0.733. The van der Waals surface area contributed by atoms with Crippen molar-refractivity contribution in [1.82, 2.24) is 14.5 Å². The second-order valence-corrected chi connectivity index (χ2v) is 7.34. The molecule has 0 saturated heterocycles. The molecule has 1 amide bonds. The van der Waals surface area contributed by atoms with Crippen LogP contribution in [0.25, 0.3) is 0 Å². The normalized spacial score (nSPS) is 16.1. The van der Waals surface area contributed by atoms with Crippen molar-refractivity contribution in [1.29, 1.82) is 0 Å². The van der Waals surface area contributed by atoms with Crippen LogP contribution in [0, 0.1) is 0 Å². The van der Waals surface area contributed by atoms with E-state index >= 15 is 0 Å². The number of hydrogen-bond acceptors (Lipinski definition) is 4. The van der Waals surface area contributed by atoms with E-state index in [4.69, 9.17) is 4.74 Å². The van der Waals surface area contributed by atoms with Crippen molar-refractivity contribution in [3.8, 4) is 0 Å². The van der Waals surface area contributed by atoms with Crippen LogP contribution in [0.1, 0.15) is 51.8 Å². The Morgan fingerprint density at radius 2 is 1.75 bits per heavy atom. The van der Waals surface area contributed by atoms with E-state index in [1.54, 1.807) is 20.8 Å². The number of ether oxygens (including phenoxy) is 1. The van der Waals surface area contributed by atoms with Gasteiger partial charge in [-0.05, 0) is 34.6 Å². The molecule has 2 heterocycles. The summed E-state index contributed by atoms with van der Waals surface area (Å²) in [5.74, 6) is 0.0801. The van der Waals surface area contributed by atoms with Crippen molar-refractivity contribution in [2.24, 2.45) is 0 Å². The molecule has 1 aliphatic heterocycles. The molecule has 0 aromatic carbocycles. The van der Waals surface area contributed by atoms with Crippen LogP contribution < -0.4 is 0 Å². The second kappa shape index (κ2) is 5.65. The molecule has 1 N–H and O–H groups in total. The number of hydrogen-bond donors (Lipinski definition) is 1. The third-order valence-corrected chi connectivity index (χ3v) is 3.47. The number of fused-ring (bicyclic) bond motifs is 1. The van der Waals surface area contributed by atoms with Crippen molar-refractivity contribution in [3.05, 3.63) is 17.2 Å². The molecular weight excluding hydrogens is 327 g/mol. The molecule has 1 aliphatic rings. The Kier molecular flexibility index (Phi) is 4.37. The SMILES string of the molecule is CC(C)(C)OC(=O)N1CCn2c(nc(C(F)(F)F)c2C(C)(C)O)C1. The van der Waals surface area contributed by atoms with Gasteiger partial charge in [0.05, 0.1) is 12.2 Å². The number of rotatable bonds is 1. The van der Waals surface area contributed by atoms with E-state index in [1.807, 2.05) is 0 Å². The first kappa shape index (κ1) is 18.6. The molecular formula is C15H22F3N3O3. The zero-order valence-corrected chi connectivity index (χ0v) is 14.4. The van der Waals surface area contributed by atoms with Gasteiger partial charge in [0.15, 0.2) is 5.69 Å². The Bertz CT molecular complexity index is 639. The fourth-order valence-electron chi connectivity index (χ4n) is 2.63. The maximum absolute atomic E-state index is 13.3. The summed E-state index contributed by atoms with van der Waals surface area (Å²) >= 11 is 0. The van der Waals surface area contributed by atoms with Crippen LogP contribution in [-0.2, 0) is 29.6 Å². The molecule has 9 heteroatoms. The minimum atomic E-state index is -4.68. The topological polar surface area (TPSA) is 67.6 Å². The third-order valence-electron chi connectivity index (χ3n) is 3.47. The Morgan fingerprint density at radius 3 is 2.21 bits per heavy atom. The van der Waals surface area contributed by atoms with Crippen molar-refractivity contribution >= 4 is 6.09 Å². The molecule has 0 aliphatic carbocycles. The highest BCUT2D eigenvalue weighted by atomic mass is 19.4. The number of nitrogens with zero attached hydrogens (tertiary/aromatic N) is 3. The maximum Gasteiger partial charge on any atom is 0.435 e. The predicted molar refractivity (Wildman–Crippen MR) is 79.1 cm³/mol. The molecule has 0 radical (unpaired) electrons. The molecule has 1 aromatic rings. The van der Waals surface area contributed by atoms with Gasteiger partial charge in [0.25, 0.3) is 0 Å². The Labute approximate surface area is 138 Å². The molecule has 1 aromatic heterocycles. The number of aromatic nitrogens is 2. The highest BCUT2D eigenvalue weighted by Gasteiger charge is 2.44. The molecule has 0 spiro atoms. The number of aliphatic hydroxyl groups is 1. The Morgan fingerprint density at radius 1 is 1.17 bits per heavy atom. The number of alkyl halides is 3. The van der Waals surface area contributed by atoms with E-state index in [9.17, 15) is 23.1 Å². The summed E-state index contributed by atoms with van der Waals surface area (Å²) in [5.41, 5.74) is -3.80. The Balaban J connectivity index is 2.37. The van der Waals surface area contributed by atoms with Crippen molar-refractivity contribution < 1.29 is 27.8 Å². The van der Waals surface area contributed by atoms with Crippen LogP contribution in [0.15, 0.2) is 0 Å². The van der Waals surface area contributed by atoms with Crippen LogP contribution >= 0.6 is 0 Å². The predicted octanol–water partition coefficient (Wildman–Crippen LogP) is 2.88. The number of amides is 1. The average Bonchev–Trinajstić information content (AvgIpc) is 2.74. The van der Waals surface area contributed by atoms with E-state index in [2.05, 4.69) is 4.98 Å². The van der Waals surface area contributed by atoms with E-state index in [0.717, 1.165) is 0 Å². The number of halogens is 3. The van der Waals surface area contributed by atoms with Crippen LogP contribution in [0.3, 0.4) is 0 Å².